The summed E-state index contributed by atoms with van der Waals surface area (Å²) in [6.45, 7) is 0.224. The number of aromatic amines is 1. The van der Waals surface area contributed by atoms with Crippen LogP contribution in [0.25, 0.3) is 0 Å². The number of carbonyl (C=O) groups is 1. The number of nitrogens with one attached hydrogen (secondary N) is 2. The zero-order chi connectivity index (χ0) is 16.9. The Balaban J connectivity index is 1.58. The van der Waals surface area contributed by atoms with Gasteiger partial charge in [-0.05, 0) is 36.5 Å². The van der Waals surface area contributed by atoms with Crippen LogP contribution >= 0.6 is 0 Å². The molecule has 0 aliphatic heterocycles. The molecule has 0 saturated carbocycles. The maximum atomic E-state index is 11.9. The fraction of sp³-hybridized carbons (Fsp3) is 0.278. The summed E-state index contributed by atoms with van der Waals surface area (Å²) in [7, 11) is 0. The lowest BCUT2D eigenvalue weighted by molar-refractivity contribution is 0.134. The Labute approximate surface area is 139 Å². The van der Waals surface area contributed by atoms with E-state index in [1.165, 1.54) is 0 Å². The smallest absolute Gasteiger partial charge is 0.407 e. The number of amides is 1. The number of H-pyrrole nitrogens is 1. The third-order valence-corrected chi connectivity index (χ3v) is 4.08. The van der Waals surface area contributed by atoms with Crippen molar-refractivity contribution in [1.82, 2.24) is 10.3 Å². The molecule has 122 valence electrons. The average Bonchev–Trinajstić information content (AvgIpc) is 2.60. The predicted octanol–water partition coefficient (Wildman–Crippen LogP) is 2.03. The summed E-state index contributed by atoms with van der Waals surface area (Å²) in [5.41, 5.74) is 2.41. The van der Waals surface area contributed by atoms with E-state index in [0.29, 0.717) is 12.8 Å². The molecule has 0 radical (unpaired) electrons. The maximum absolute atomic E-state index is 11.9. The van der Waals surface area contributed by atoms with Gasteiger partial charge in [0.05, 0.1) is 0 Å². The number of hydrogen-bond acceptors (Lipinski definition) is 4. The van der Waals surface area contributed by atoms with Crippen LogP contribution in [0.4, 0.5) is 4.79 Å². The Kier molecular flexibility index (Phi) is 4.62. The molecule has 24 heavy (non-hydrogen) atoms. The summed E-state index contributed by atoms with van der Waals surface area (Å²) in [6.07, 6.45) is 1.48. The number of aromatic nitrogens is 1. The van der Waals surface area contributed by atoms with E-state index in [2.05, 4.69) is 10.3 Å². The molecular formula is C18H17N3O3. The van der Waals surface area contributed by atoms with Gasteiger partial charge in [-0.2, -0.15) is 5.26 Å². The van der Waals surface area contributed by atoms with Crippen LogP contribution in [-0.2, 0) is 24.2 Å². The van der Waals surface area contributed by atoms with Crippen LogP contribution in [0, 0.1) is 11.3 Å². The van der Waals surface area contributed by atoms with Gasteiger partial charge in [0.15, 0.2) is 0 Å². The monoisotopic (exact) mass is 323 g/mol. The first-order chi connectivity index (χ1) is 11.7. The van der Waals surface area contributed by atoms with Gasteiger partial charge in [0, 0.05) is 11.7 Å². The summed E-state index contributed by atoms with van der Waals surface area (Å²) in [6, 6.07) is 12.9. The minimum Gasteiger partial charge on any atom is -0.445 e. The highest BCUT2D eigenvalue weighted by atomic mass is 16.5. The number of alkyl carbamates (subject to hydrolysis) is 1. The second-order valence-electron chi connectivity index (χ2n) is 5.77. The molecule has 0 saturated heterocycles. The van der Waals surface area contributed by atoms with Crippen molar-refractivity contribution in [2.75, 3.05) is 0 Å². The van der Waals surface area contributed by atoms with E-state index in [-0.39, 0.29) is 23.8 Å². The standard InChI is InChI=1S/C18H17N3O3/c19-10-14-8-13-9-15(6-7-16(13)21-17(14)22)20-18(23)24-11-12-4-2-1-3-5-12/h1-5,8,15H,6-7,9,11H2,(H,20,23)(H,21,22). The molecule has 0 bridgehead atoms. The minimum absolute atomic E-state index is 0.0711. The molecule has 1 aromatic heterocycles. The lowest BCUT2D eigenvalue weighted by atomic mass is 9.91. The van der Waals surface area contributed by atoms with Gasteiger partial charge >= 0.3 is 6.09 Å². The highest BCUT2D eigenvalue weighted by Crippen LogP contribution is 2.19. The number of nitrogens with zero attached hydrogens (tertiary/aromatic N) is 1. The summed E-state index contributed by atoms with van der Waals surface area (Å²) >= 11 is 0. The summed E-state index contributed by atoms with van der Waals surface area (Å²) in [5, 5.41) is 11.8. The van der Waals surface area contributed by atoms with Gasteiger partial charge in [-0.25, -0.2) is 4.79 Å². The number of aryl methyl sites for hydroxylation is 1. The van der Waals surface area contributed by atoms with Crippen LogP contribution in [0.5, 0.6) is 0 Å². The first kappa shape index (κ1) is 15.8. The van der Waals surface area contributed by atoms with Gasteiger partial charge in [0.1, 0.15) is 18.2 Å². The molecule has 1 atom stereocenters. The molecule has 0 spiro atoms. The molecule has 0 fully saturated rings. The molecule has 6 nitrogen and oxygen atoms in total. The van der Waals surface area contributed by atoms with Crippen molar-refractivity contribution >= 4 is 6.09 Å². The van der Waals surface area contributed by atoms with Crippen LogP contribution in [-0.4, -0.2) is 17.1 Å². The number of ether oxygens (including phenoxy) is 1. The molecule has 1 amide bonds. The Hall–Kier alpha value is -3.07. The number of pyridine rings is 1. The number of benzene rings is 1. The number of hydrogen-bond donors (Lipinski definition) is 2. The van der Waals surface area contributed by atoms with Gasteiger partial charge in [-0.1, -0.05) is 30.3 Å². The van der Waals surface area contributed by atoms with Gasteiger partial charge < -0.3 is 15.0 Å². The van der Waals surface area contributed by atoms with Crippen molar-refractivity contribution in [2.24, 2.45) is 0 Å². The second-order valence-corrected chi connectivity index (χ2v) is 5.77. The molecule has 1 aliphatic rings. The zero-order valence-electron chi connectivity index (χ0n) is 13.0. The van der Waals surface area contributed by atoms with Crippen molar-refractivity contribution in [3.63, 3.8) is 0 Å². The summed E-state index contributed by atoms with van der Waals surface area (Å²) in [4.78, 5) is 26.3. The molecule has 1 unspecified atom stereocenters. The van der Waals surface area contributed by atoms with Gasteiger partial charge in [0.2, 0.25) is 0 Å². The molecule has 1 aromatic carbocycles. The highest BCUT2D eigenvalue weighted by Gasteiger charge is 2.22. The van der Waals surface area contributed by atoms with Crippen molar-refractivity contribution in [2.45, 2.75) is 31.9 Å². The third-order valence-electron chi connectivity index (χ3n) is 4.08. The Morgan fingerprint density at radius 3 is 2.92 bits per heavy atom. The van der Waals surface area contributed by atoms with E-state index in [1.54, 1.807) is 6.07 Å². The van der Waals surface area contributed by atoms with Crippen molar-refractivity contribution in [3.8, 4) is 6.07 Å². The maximum Gasteiger partial charge on any atom is 0.407 e. The first-order valence-electron chi connectivity index (χ1n) is 7.78. The van der Waals surface area contributed by atoms with E-state index >= 15 is 0 Å². The molecule has 2 aromatic rings. The topological polar surface area (TPSA) is 95.0 Å². The fourth-order valence-corrected chi connectivity index (χ4v) is 2.84. The Morgan fingerprint density at radius 1 is 1.38 bits per heavy atom. The normalized spacial score (nSPS) is 15.9. The third kappa shape index (κ3) is 3.63. The first-order valence-corrected chi connectivity index (χ1v) is 7.78. The molecule has 6 heteroatoms. The van der Waals surface area contributed by atoms with E-state index in [4.69, 9.17) is 10.00 Å². The number of rotatable bonds is 3. The Bertz CT molecular complexity index is 837. The van der Waals surface area contributed by atoms with Crippen molar-refractivity contribution in [3.05, 3.63) is 69.1 Å². The van der Waals surface area contributed by atoms with Crippen LogP contribution < -0.4 is 10.9 Å². The predicted molar refractivity (Wildman–Crippen MR) is 87.4 cm³/mol. The highest BCUT2D eigenvalue weighted by molar-refractivity contribution is 5.67. The average molecular weight is 323 g/mol. The SMILES string of the molecule is N#Cc1cc2c([nH]c1=O)CCC(NC(=O)OCc1ccccc1)C2. The molecule has 1 heterocycles. The van der Waals surface area contributed by atoms with E-state index < -0.39 is 6.09 Å². The van der Waals surface area contributed by atoms with Crippen molar-refractivity contribution < 1.29 is 9.53 Å². The second kappa shape index (κ2) is 7.01. The van der Waals surface area contributed by atoms with Crippen molar-refractivity contribution in [1.29, 1.82) is 5.26 Å². The van der Waals surface area contributed by atoms with Gasteiger partial charge in [0.25, 0.3) is 5.56 Å². The molecule has 1 aliphatic carbocycles. The largest absolute Gasteiger partial charge is 0.445 e. The summed E-state index contributed by atoms with van der Waals surface area (Å²) in [5.74, 6) is 0. The van der Waals surface area contributed by atoms with Crippen LogP contribution in [0.1, 0.15) is 28.8 Å². The van der Waals surface area contributed by atoms with E-state index in [9.17, 15) is 9.59 Å². The minimum atomic E-state index is -0.461. The quantitative estimate of drug-likeness (QED) is 0.903. The van der Waals surface area contributed by atoms with Gasteiger partial charge in [-0.3, -0.25) is 4.79 Å². The van der Waals surface area contributed by atoms with Crippen LogP contribution in [0.15, 0.2) is 41.2 Å². The van der Waals surface area contributed by atoms with Crippen LogP contribution in [0.2, 0.25) is 0 Å². The number of nitriles is 1. The lowest BCUT2D eigenvalue weighted by Gasteiger charge is -2.25. The molecular weight excluding hydrogens is 306 g/mol. The zero-order valence-corrected chi connectivity index (χ0v) is 13.0. The fourth-order valence-electron chi connectivity index (χ4n) is 2.84. The summed E-state index contributed by atoms with van der Waals surface area (Å²) < 4.78 is 5.22. The van der Waals surface area contributed by atoms with Gasteiger partial charge in [-0.15, -0.1) is 0 Å². The molecule has 2 N–H and O–H groups in total. The number of carbonyl (C=O) groups excluding carboxylic acids is 1. The van der Waals surface area contributed by atoms with E-state index in [1.807, 2.05) is 36.4 Å². The number of fused-ring (bicyclic) bond motifs is 1. The molecule has 3 rings (SSSR count). The van der Waals surface area contributed by atoms with Crippen LogP contribution in [0.3, 0.4) is 0 Å². The Morgan fingerprint density at radius 2 is 2.17 bits per heavy atom. The lowest BCUT2D eigenvalue weighted by Crippen LogP contribution is -2.39. The van der Waals surface area contributed by atoms with E-state index in [0.717, 1.165) is 23.2 Å².